The molecule has 9 heteroatoms. The van der Waals surface area contributed by atoms with Gasteiger partial charge in [-0.05, 0) is 61.1 Å². The summed E-state index contributed by atoms with van der Waals surface area (Å²) < 4.78 is 43.8. The summed E-state index contributed by atoms with van der Waals surface area (Å²) in [6.45, 7) is 1.10. The van der Waals surface area contributed by atoms with Crippen LogP contribution >= 0.6 is 0 Å². The highest BCUT2D eigenvalue weighted by atomic mass is 19.4. The summed E-state index contributed by atoms with van der Waals surface area (Å²) in [5.74, 6) is -0.655. The molecular formula is C29H26F3N3O3. The molecule has 2 fully saturated rings. The van der Waals surface area contributed by atoms with Crippen LogP contribution in [-0.4, -0.2) is 30.5 Å². The van der Waals surface area contributed by atoms with Gasteiger partial charge in [-0.25, -0.2) is 4.79 Å². The number of rotatable bonds is 6. The number of alkyl halides is 3. The SMILES string of the molecule is COC(=O)c1ccc(C2(NC(=O)c3cncc4c3N(Cc3ccc(C(F)(F)F)cc3)CC43CC3)CC2)cc1. The quantitative estimate of drug-likeness (QED) is 0.443. The maximum atomic E-state index is 13.7. The van der Waals surface area contributed by atoms with Crippen molar-refractivity contribution in [2.24, 2.45) is 0 Å². The summed E-state index contributed by atoms with van der Waals surface area (Å²) in [5, 5.41) is 3.20. The average Bonchev–Trinajstić information content (AvgIpc) is 3.83. The Morgan fingerprint density at radius 1 is 1.00 bits per heavy atom. The molecule has 1 aromatic heterocycles. The summed E-state index contributed by atoms with van der Waals surface area (Å²) >= 11 is 0. The number of hydrogen-bond donors (Lipinski definition) is 1. The van der Waals surface area contributed by atoms with Gasteiger partial charge in [-0.15, -0.1) is 0 Å². The van der Waals surface area contributed by atoms with E-state index in [1.54, 1.807) is 18.3 Å². The number of hydrogen-bond acceptors (Lipinski definition) is 5. The van der Waals surface area contributed by atoms with E-state index in [1.807, 2.05) is 18.3 Å². The van der Waals surface area contributed by atoms with E-state index in [4.69, 9.17) is 4.74 Å². The molecule has 0 atom stereocenters. The predicted octanol–water partition coefficient (Wildman–Crippen LogP) is 5.36. The lowest BCUT2D eigenvalue weighted by Gasteiger charge is -2.24. The molecule has 1 aliphatic heterocycles. The predicted molar refractivity (Wildman–Crippen MR) is 134 cm³/mol. The molecule has 0 bridgehead atoms. The number of pyridine rings is 1. The zero-order chi connectivity index (χ0) is 26.7. The van der Waals surface area contributed by atoms with Gasteiger partial charge < -0.3 is 15.0 Å². The second-order valence-electron chi connectivity index (χ2n) is 10.5. The number of methoxy groups -OCH3 is 1. The highest BCUT2D eigenvalue weighted by Gasteiger charge is 2.53. The molecule has 3 aromatic rings. The van der Waals surface area contributed by atoms with Crippen molar-refractivity contribution in [1.82, 2.24) is 10.3 Å². The molecule has 6 rings (SSSR count). The maximum Gasteiger partial charge on any atom is 0.416 e. The van der Waals surface area contributed by atoms with Crippen LogP contribution in [0.2, 0.25) is 0 Å². The van der Waals surface area contributed by atoms with E-state index in [0.717, 1.165) is 60.2 Å². The van der Waals surface area contributed by atoms with Crippen LogP contribution in [0.5, 0.6) is 0 Å². The lowest BCUT2D eigenvalue weighted by molar-refractivity contribution is -0.137. The third kappa shape index (κ3) is 4.19. The largest absolute Gasteiger partial charge is 0.465 e. The fourth-order valence-electron chi connectivity index (χ4n) is 5.55. The number of amides is 1. The smallest absolute Gasteiger partial charge is 0.416 e. The molecule has 0 radical (unpaired) electrons. The van der Waals surface area contributed by atoms with Gasteiger partial charge >= 0.3 is 12.1 Å². The first-order chi connectivity index (χ1) is 18.1. The Morgan fingerprint density at radius 2 is 1.68 bits per heavy atom. The zero-order valence-corrected chi connectivity index (χ0v) is 20.8. The van der Waals surface area contributed by atoms with Crippen molar-refractivity contribution in [3.05, 3.63) is 94.3 Å². The molecule has 1 spiro atoms. The van der Waals surface area contributed by atoms with Crippen molar-refractivity contribution in [1.29, 1.82) is 0 Å². The second-order valence-corrected chi connectivity index (χ2v) is 10.5. The summed E-state index contributed by atoms with van der Waals surface area (Å²) in [6, 6.07) is 12.3. The number of nitrogens with zero attached hydrogens (tertiary/aromatic N) is 2. The lowest BCUT2D eigenvalue weighted by atomic mass is 9.98. The highest BCUT2D eigenvalue weighted by Crippen LogP contribution is 2.57. The van der Waals surface area contributed by atoms with Gasteiger partial charge in [-0.3, -0.25) is 9.78 Å². The van der Waals surface area contributed by atoms with Crippen LogP contribution in [0.1, 0.15) is 68.7 Å². The molecule has 6 nitrogen and oxygen atoms in total. The summed E-state index contributed by atoms with van der Waals surface area (Å²) in [6.07, 6.45) is 2.55. The third-order valence-electron chi connectivity index (χ3n) is 8.01. The Balaban J connectivity index is 1.26. The first-order valence-corrected chi connectivity index (χ1v) is 12.6. The van der Waals surface area contributed by atoms with E-state index >= 15 is 0 Å². The fourth-order valence-corrected chi connectivity index (χ4v) is 5.55. The molecule has 0 unspecified atom stereocenters. The number of carbonyl (C=O) groups is 2. The third-order valence-corrected chi connectivity index (χ3v) is 8.01. The highest BCUT2D eigenvalue weighted by molar-refractivity contribution is 6.02. The van der Waals surface area contributed by atoms with E-state index in [9.17, 15) is 22.8 Å². The number of benzene rings is 2. The minimum absolute atomic E-state index is 0.0501. The van der Waals surface area contributed by atoms with Crippen LogP contribution in [0.15, 0.2) is 60.9 Å². The monoisotopic (exact) mass is 521 g/mol. The first-order valence-electron chi connectivity index (χ1n) is 12.6. The number of anilines is 1. The molecule has 1 amide bonds. The molecular weight excluding hydrogens is 495 g/mol. The fraction of sp³-hybridized carbons (Fsp3) is 0.345. The van der Waals surface area contributed by atoms with Crippen LogP contribution in [0, 0.1) is 0 Å². The minimum atomic E-state index is -4.38. The van der Waals surface area contributed by atoms with Gasteiger partial charge in [-0.1, -0.05) is 24.3 Å². The van der Waals surface area contributed by atoms with Gasteiger partial charge in [-0.2, -0.15) is 13.2 Å². The molecule has 3 aliphatic rings. The molecule has 2 heterocycles. The minimum Gasteiger partial charge on any atom is -0.465 e. The maximum absolute atomic E-state index is 13.7. The van der Waals surface area contributed by atoms with Crippen LogP contribution in [0.3, 0.4) is 0 Å². The van der Waals surface area contributed by atoms with Crippen molar-refractivity contribution in [2.45, 2.75) is 49.4 Å². The first kappa shape index (κ1) is 24.5. The molecule has 2 aromatic carbocycles. The van der Waals surface area contributed by atoms with Gasteiger partial charge in [0.1, 0.15) is 0 Å². The standard InChI is InChI=1S/C29H26F3N3O3/c1-38-26(37)19-4-8-20(9-5-19)28(12-13-28)34-25(36)22-14-33-15-23-24(22)35(17-27(23)10-11-27)16-18-2-6-21(7-3-18)29(30,31)32/h2-9,14-15H,10-13,16-17H2,1H3,(H,34,36). The Hall–Kier alpha value is -3.88. The molecule has 0 saturated heterocycles. The number of nitrogens with one attached hydrogen (secondary N) is 1. The Labute approximate surface area is 217 Å². The van der Waals surface area contributed by atoms with Crippen LogP contribution in [-0.2, 0) is 28.4 Å². The summed E-state index contributed by atoms with van der Waals surface area (Å²) in [5.41, 5.74) is 3.17. The van der Waals surface area contributed by atoms with Crippen molar-refractivity contribution in [3.63, 3.8) is 0 Å². The van der Waals surface area contributed by atoms with Crippen molar-refractivity contribution < 1.29 is 27.5 Å². The van der Waals surface area contributed by atoms with E-state index in [1.165, 1.54) is 19.2 Å². The van der Waals surface area contributed by atoms with E-state index in [2.05, 4.69) is 15.2 Å². The lowest BCUT2D eigenvalue weighted by Crippen LogP contribution is -2.36. The Morgan fingerprint density at radius 3 is 2.26 bits per heavy atom. The molecule has 2 saturated carbocycles. The van der Waals surface area contributed by atoms with Gasteiger partial charge in [0, 0.05) is 36.5 Å². The van der Waals surface area contributed by atoms with E-state index in [0.29, 0.717) is 24.2 Å². The number of carbonyl (C=O) groups excluding carboxylic acids is 2. The van der Waals surface area contributed by atoms with Crippen molar-refractivity contribution in [2.75, 3.05) is 18.6 Å². The normalized spacial score (nSPS) is 18.2. The number of aromatic nitrogens is 1. The van der Waals surface area contributed by atoms with Gasteiger partial charge in [0.2, 0.25) is 0 Å². The van der Waals surface area contributed by atoms with Crippen molar-refractivity contribution >= 4 is 17.6 Å². The summed E-state index contributed by atoms with van der Waals surface area (Å²) in [7, 11) is 1.33. The number of fused-ring (bicyclic) bond motifs is 2. The van der Waals surface area contributed by atoms with Crippen LogP contribution in [0.4, 0.5) is 18.9 Å². The van der Waals surface area contributed by atoms with Crippen molar-refractivity contribution in [3.8, 4) is 0 Å². The zero-order valence-electron chi connectivity index (χ0n) is 20.8. The van der Waals surface area contributed by atoms with Crippen LogP contribution in [0.25, 0.3) is 0 Å². The number of halogens is 3. The average molecular weight is 522 g/mol. The Kier molecular flexibility index (Phi) is 5.52. The summed E-state index contributed by atoms with van der Waals surface area (Å²) in [4.78, 5) is 31.9. The van der Waals surface area contributed by atoms with Gasteiger partial charge in [0.25, 0.3) is 5.91 Å². The molecule has 196 valence electrons. The van der Waals surface area contributed by atoms with Gasteiger partial charge in [0.05, 0.1) is 35.0 Å². The molecule has 2 aliphatic carbocycles. The topological polar surface area (TPSA) is 71.5 Å². The Bertz CT molecular complexity index is 1410. The number of ether oxygens (including phenoxy) is 1. The van der Waals surface area contributed by atoms with E-state index < -0.39 is 23.2 Å². The molecule has 1 N–H and O–H groups in total. The second kappa shape index (κ2) is 8.58. The van der Waals surface area contributed by atoms with Crippen LogP contribution < -0.4 is 10.2 Å². The van der Waals surface area contributed by atoms with E-state index in [-0.39, 0.29) is 11.3 Å². The van der Waals surface area contributed by atoms with Gasteiger partial charge in [0.15, 0.2) is 0 Å². The molecule has 38 heavy (non-hydrogen) atoms. The number of esters is 1.